The van der Waals surface area contributed by atoms with Gasteiger partial charge in [-0.2, -0.15) is 0 Å². The molecule has 3 heterocycles. The van der Waals surface area contributed by atoms with E-state index in [9.17, 15) is 14.8 Å². The number of ether oxygens (including phenoxy) is 1. The van der Waals surface area contributed by atoms with E-state index in [1.165, 1.54) is 6.07 Å². The number of fused-ring (bicyclic) bond motifs is 2. The molecule has 3 aromatic heterocycles. The van der Waals surface area contributed by atoms with Gasteiger partial charge in [0.15, 0.2) is 11.5 Å². The maximum Gasteiger partial charge on any atom is 0.508 e. The van der Waals surface area contributed by atoms with Crippen LogP contribution in [0.1, 0.15) is 44.4 Å². The van der Waals surface area contributed by atoms with Crippen molar-refractivity contribution in [2.75, 3.05) is 5.73 Å². The zero-order valence-corrected chi connectivity index (χ0v) is 20.3. The van der Waals surface area contributed by atoms with Crippen molar-refractivity contribution >= 4 is 35.8 Å². The van der Waals surface area contributed by atoms with Gasteiger partial charge in [0.2, 0.25) is 0 Å². The zero-order chi connectivity index (χ0) is 25.6. The summed E-state index contributed by atoms with van der Waals surface area (Å²) in [4.78, 5) is 25.8. The van der Waals surface area contributed by atoms with Gasteiger partial charge in [-0.15, -0.1) is 0 Å². The third-order valence-electron chi connectivity index (χ3n) is 6.02. The number of nitrogen functional groups attached to an aromatic ring is 1. The number of aromatic nitrogens is 4. The number of anilines is 1. The van der Waals surface area contributed by atoms with Gasteiger partial charge >= 0.3 is 13.2 Å². The Morgan fingerprint density at radius 2 is 2.00 bits per heavy atom. The molecular formula is C25H27BN6O4. The third-order valence-corrected chi connectivity index (χ3v) is 6.02. The molecule has 0 saturated carbocycles. The number of hydrogen-bond acceptors (Lipinski definition) is 8. The minimum Gasteiger partial charge on any atom is -0.444 e. The van der Waals surface area contributed by atoms with Gasteiger partial charge in [-0.3, -0.25) is 4.57 Å². The topological polar surface area (TPSA) is 148 Å². The van der Waals surface area contributed by atoms with Gasteiger partial charge in [-0.05, 0) is 81.1 Å². The number of nitrogens with one attached hydrogen (secondary N) is 1. The summed E-state index contributed by atoms with van der Waals surface area (Å²) in [7, 11) is -1.72. The summed E-state index contributed by atoms with van der Waals surface area (Å²) in [5.41, 5.74) is 10.3. The van der Waals surface area contributed by atoms with E-state index in [1.54, 1.807) is 18.3 Å². The maximum absolute atomic E-state index is 12.3. The van der Waals surface area contributed by atoms with Crippen molar-refractivity contribution < 1.29 is 19.6 Å². The maximum atomic E-state index is 12.3. The smallest absolute Gasteiger partial charge is 0.444 e. The Bertz CT molecular complexity index is 1460. The van der Waals surface area contributed by atoms with E-state index >= 15 is 0 Å². The number of alkyl carbamates (subject to hydrolysis) is 1. The molecule has 4 aromatic rings. The van der Waals surface area contributed by atoms with Crippen LogP contribution in [-0.2, 0) is 11.2 Å². The molecule has 0 aliphatic heterocycles. The lowest BCUT2D eigenvalue weighted by atomic mass is 9.86. The van der Waals surface area contributed by atoms with E-state index in [0.717, 1.165) is 29.7 Å². The van der Waals surface area contributed by atoms with E-state index in [2.05, 4.69) is 15.3 Å². The Morgan fingerprint density at radius 3 is 2.72 bits per heavy atom. The molecule has 5 N–H and O–H groups in total. The summed E-state index contributed by atoms with van der Waals surface area (Å²) in [5.74, 6) is 0.855. The molecule has 5 rings (SSSR count). The molecule has 0 fully saturated rings. The van der Waals surface area contributed by atoms with Gasteiger partial charge in [-0.25, -0.2) is 19.7 Å². The van der Waals surface area contributed by atoms with Gasteiger partial charge in [0.05, 0.1) is 17.2 Å². The van der Waals surface area contributed by atoms with Crippen LogP contribution >= 0.6 is 0 Å². The summed E-state index contributed by atoms with van der Waals surface area (Å²) in [5, 5.41) is 22.4. The number of benzene rings is 1. The summed E-state index contributed by atoms with van der Waals surface area (Å²) in [6.45, 7) is 5.50. The summed E-state index contributed by atoms with van der Waals surface area (Å²) in [6, 6.07) is 12.6. The highest BCUT2D eigenvalue weighted by atomic mass is 16.6. The van der Waals surface area contributed by atoms with Crippen LogP contribution in [0.2, 0.25) is 0 Å². The van der Waals surface area contributed by atoms with E-state index in [4.69, 9.17) is 15.5 Å². The first kappa shape index (κ1) is 23.8. The second-order valence-corrected chi connectivity index (χ2v) is 9.78. The molecule has 1 aliphatic rings. The molecule has 1 aromatic carbocycles. The van der Waals surface area contributed by atoms with Crippen molar-refractivity contribution in [3.05, 3.63) is 59.8 Å². The Hall–Kier alpha value is -3.96. The average Bonchev–Trinajstić information content (AvgIpc) is 3.38. The SMILES string of the molecule is CC(C)(C)OC(=O)NC1CCc2cc(-n3c(-c4cccnc4N)nc4ccc(B(O)O)nc43)ccc21. The molecule has 11 heteroatoms. The molecule has 0 saturated heterocycles. The first-order valence-corrected chi connectivity index (χ1v) is 11.7. The fraction of sp³-hybridized carbons (Fsp3) is 0.280. The van der Waals surface area contributed by atoms with Gasteiger partial charge in [0, 0.05) is 11.9 Å². The third kappa shape index (κ3) is 4.50. The number of imidazole rings is 1. The zero-order valence-electron chi connectivity index (χ0n) is 20.3. The number of nitrogens with two attached hydrogens (primary N) is 1. The van der Waals surface area contributed by atoms with Crippen LogP contribution < -0.4 is 16.6 Å². The summed E-state index contributed by atoms with van der Waals surface area (Å²) < 4.78 is 7.26. The largest absolute Gasteiger partial charge is 0.508 e. The van der Waals surface area contributed by atoms with Gasteiger partial charge < -0.3 is 25.8 Å². The Morgan fingerprint density at radius 1 is 1.19 bits per heavy atom. The normalized spacial score (nSPS) is 15.1. The van der Waals surface area contributed by atoms with Crippen LogP contribution in [0.3, 0.4) is 0 Å². The van der Waals surface area contributed by atoms with Crippen LogP contribution in [0.4, 0.5) is 10.6 Å². The molecule has 184 valence electrons. The number of nitrogens with zero attached hydrogens (tertiary/aromatic N) is 4. The summed E-state index contributed by atoms with van der Waals surface area (Å²) in [6.07, 6.45) is 2.69. The number of amides is 1. The quantitative estimate of drug-likeness (QED) is 0.321. The number of carbonyl (C=O) groups is 1. The number of carbonyl (C=O) groups excluding carboxylic acids is 1. The van der Waals surface area contributed by atoms with Gasteiger partial charge in [0.25, 0.3) is 0 Å². The lowest BCUT2D eigenvalue weighted by Gasteiger charge is -2.22. The Balaban J connectivity index is 1.59. The van der Waals surface area contributed by atoms with Crippen molar-refractivity contribution in [1.29, 1.82) is 0 Å². The second kappa shape index (κ2) is 8.92. The van der Waals surface area contributed by atoms with Crippen molar-refractivity contribution in [3.63, 3.8) is 0 Å². The molecule has 1 amide bonds. The highest BCUT2D eigenvalue weighted by Crippen LogP contribution is 2.35. The molecule has 0 bridgehead atoms. The molecule has 1 aliphatic carbocycles. The molecule has 0 spiro atoms. The van der Waals surface area contributed by atoms with Crippen LogP contribution in [0.25, 0.3) is 28.2 Å². The van der Waals surface area contributed by atoms with Crippen LogP contribution in [0, 0.1) is 0 Å². The lowest BCUT2D eigenvalue weighted by molar-refractivity contribution is 0.0503. The predicted octanol–water partition coefficient (Wildman–Crippen LogP) is 2.26. The number of aryl methyl sites for hydroxylation is 1. The number of hydrogen-bond donors (Lipinski definition) is 4. The fourth-order valence-corrected chi connectivity index (χ4v) is 4.49. The number of pyridine rings is 2. The monoisotopic (exact) mass is 486 g/mol. The molecular weight excluding hydrogens is 459 g/mol. The van der Waals surface area contributed by atoms with Crippen LogP contribution in [-0.4, -0.2) is 48.4 Å². The Kier molecular flexibility index (Phi) is 5.89. The van der Waals surface area contributed by atoms with Crippen LogP contribution in [0.5, 0.6) is 0 Å². The minimum absolute atomic E-state index is 0.108. The number of rotatable bonds is 4. The summed E-state index contributed by atoms with van der Waals surface area (Å²) >= 11 is 0. The second-order valence-electron chi connectivity index (χ2n) is 9.78. The van der Waals surface area contributed by atoms with E-state index in [1.807, 2.05) is 49.6 Å². The molecule has 1 unspecified atom stereocenters. The molecule has 36 heavy (non-hydrogen) atoms. The lowest BCUT2D eigenvalue weighted by Crippen LogP contribution is -2.34. The molecule has 0 radical (unpaired) electrons. The fourth-order valence-electron chi connectivity index (χ4n) is 4.49. The molecule has 10 nitrogen and oxygen atoms in total. The predicted molar refractivity (Wildman–Crippen MR) is 137 cm³/mol. The first-order valence-electron chi connectivity index (χ1n) is 11.7. The Labute approximate surface area is 208 Å². The first-order chi connectivity index (χ1) is 17.1. The minimum atomic E-state index is -1.72. The van der Waals surface area contributed by atoms with Crippen molar-refractivity contribution in [2.45, 2.75) is 45.3 Å². The standard InChI is InChI=1S/C25H27BN6O4/c1-25(2,3)36-24(33)30-18-9-6-14-13-15(7-8-16(14)18)32-22(17-5-4-12-28-21(17)27)29-19-10-11-20(26(34)35)31-23(19)32/h4-5,7-8,10-13,18,34-35H,6,9H2,1-3H3,(H2,27,28)(H,30,33). The van der Waals surface area contributed by atoms with Crippen molar-refractivity contribution in [2.24, 2.45) is 0 Å². The van der Waals surface area contributed by atoms with E-state index in [0.29, 0.717) is 28.4 Å². The average molecular weight is 486 g/mol. The van der Waals surface area contributed by atoms with Crippen molar-refractivity contribution in [1.82, 2.24) is 24.8 Å². The molecule has 1 atom stereocenters. The van der Waals surface area contributed by atoms with Crippen LogP contribution in [0.15, 0.2) is 48.7 Å². The highest BCUT2D eigenvalue weighted by molar-refractivity contribution is 6.57. The van der Waals surface area contributed by atoms with Crippen molar-refractivity contribution in [3.8, 4) is 17.1 Å². The van der Waals surface area contributed by atoms with E-state index < -0.39 is 18.8 Å². The highest BCUT2D eigenvalue weighted by Gasteiger charge is 2.28. The van der Waals surface area contributed by atoms with E-state index in [-0.39, 0.29) is 11.6 Å². The van der Waals surface area contributed by atoms with Gasteiger partial charge in [-0.1, -0.05) is 6.07 Å². The van der Waals surface area contributed by atoms with Gasteiger partial charge in [0.1, 0.15) is 16.9 Å².